The number of hydrogen-bond acceptors (Lipinski definition) is 9. The molecular weight excluding hydrogens is 464 g/mol. The van der Waals surface area contributed by atoms with Gasteiger partial charge in [-0.15, -0.1) is 10.2 Å². The lowest BCUT2D eigenvalue weighted by Crippen LogP contribution is -2.42. The standard InChI is InChI=1S/C18H15F2N7O5S/c19-17(20)32-13-6-4-10(5-7-13)15-23-25-18(26(15)21)33-9-14(28)22-24-16(29)11-2-1-3-12(8-11)27(30)31/h1-8,17H,9,21H2,(H,22,28)(H,24,29). The molecule has 0 aliphatic carbocycles. The molecule has 0 spiro atoms. The molecule has 2 aromatic carbocycles. The number of alkyl halides is 2. The molecule has 2 amide bonds. The molecule has 0 bridgehead atoms. The number of amides is 2. The van der Waals surface area contributed by atoms with Gasteiger partial charge in [-0.25, -0.2) is 4.68 Å². The van der Waals surface area contributed by atoms with Crippen LogP contribution in [0.25, 0.3) is 11.4 Å². The highest BCUT2D eigenvalue weighted by Gasteiger charge is 2.16. The number of aromatic nitrogens is 3. The number of halogens is 2. The van der Waals surface area contributed by atoms with Gasteiger partial charge in [0.15, 0.2) is 5.82 Å². The van der Waals surface area contributed by atoms with Gasteiger partial charge in [0, 0.05) is 23.3 Å². The zero-order valence-corrected chi connectivity index (χ0v) is 17.3. The monoisotopic (exact) mass is 479 g/mol. The molecule has 0 saturated heterocycles. The summed E-state index contributed by atoms with van der Waals surface area (Å²) in [5, 5.41) is 18.7. The lowest BCUT2D eigenvalue weighted by Gasteiger charge is -2.08. The van der Waals surface area contributed by atoms with Gasteiger partial charge in [0.1, 0.15) is 5.75 Å². The van der Waals surface area contributed by atoms with Crippen LogP contribution < -0.4 is 21.4 Å². The fourth-order valence-corrected chi connectivity index (χ4v) is 3.14. The number of thioether (sulfide) groups is 1. The highest BCUT2D eigenvalue weighted by Crippen LogP contribution is 2.24. The zero-order chi connectivity index (χ0) is 24.0. The molecule has 33 heavy (non-hydrogen) atoms. The number of ether oxygens (including phenoxy) is 1. The number of nitrogen functional groups attached to an aromatic ring is 1. The van der Waals surface area contributed by atoms with Gasteiger partial charge >= 0.3 is 6.61 Å². The van der Waals surface area contributed by atoms with Gasteiger partial charge < -0.3 is 10.6 Å². The quantitative estimate of drug-likeness (QED) is 0.189. The number of nitro benzene ring substituents is 1. The van der Waals surface area contributed by atoms with Crippen molar-refractivity contribution < 1.29 is 28.0 Å². The summed E-state index contributed by atoms with van der Waals surface area (Å²) in [5.41, 5.74) is 4.54. The molecule has 3 rings (SSSR count). The number of carbonyl (C=O) groups is 2. The van der Waals surface area contributed by atoms with E-state index in [0.717, 1.165) is 22.5 Å². The molecule has 0 radical (unpaired) electrons. The number of benzene rings is 2. The Bertz CT molecular complexity index is 1170. The van der Waals surface area contributed by atoms with Crippen LogP contribution in [0.15, 0.2) is 53.7 Å². The zero-order valence-electron chi connectivity index (χ0n) is 16.5. The molecule has 0 aliphatic rings. The number of hydrogen-bond donors (Lipinski definition) is 3. The molecule has 0 aliphatic heterocycles. The summed E-state index contributed by atoms with van der Waals surface area (Å²) in [6, 6.07) is 10.6. The third kappa shape index (κ3) is 6.13. The molecule has 0 atom stereocenters. The van der Waals surface area contributed by atoms with Crippen LogP contribution in [0.5, 0.6) is 5.75 Å². The number of nitro groups is 1. The molecule has 1 heterocycles. The van der Waals surface area contributed by atoms with Crippen molar-refractivity contribution in [2.24, 2.45) is 0 Å². The van der Waals surface area contributed by atoms with Crippen LogP contribution in [-0.2, 0) is 4.79 Å². The molecule has 0 fully saturated rings. The Balaban J connectivity index is 1.53. The average Bonchev–Trinajstić information content (AvgIpc) is 3.16. The number of carbonyl (C=O) groups excluding carboxylic acids is 2. The summed E-state index contributed by atoms with van der Waals surface area (Å²) in [6.45, 7) is -2.95. The summed E-state index contributed by atoms with van der Waals surface area (Å²) in [4.78, 5) is 34.2. The number of nitrogens with two attached hydrogens (primary N) is 1. The Morgan fingerprint density at radius 1 is 1.18 bits per heavy atom. The van der Waals surface area contributed by atoms with Crippen LogP contribution in [0, 0.1) is 10.1 Å². The SMILES string of the molecule is Nn1c(SCC(=O)NNC(=O)c2cccc([N+](=O)[O-])c2)nnc1-c1ccc(OC(F)F)cc1. The van der Waals surface area contributed by atoms with Crippen molar-refractivity contribution in [3.05, 3.63) is 64.2 Å². The van der Waals surface area contributed by atoms with E-state index < -0.39 is 23.3 Å². The lowest BCUT2D eigenvalue weighted by molar-refractivity contribution is -0.384. The van der Waals surface area contributed by atoms with E-state index in [9.17, 15) is 28.5 Å². The van der Waals surface area contributed by atoms with Gasteiger partial charge in [-0.05, 0) is 30.3 Å². The second kappa shape index (κ2) is 10.4. The summed E-state index contributed by atoms with van der Waals surface area (Å²) in [6.07, 6.45) is 0. The third-order valence-corrected chi connectivity index (χ3v) is 4.91. The number of rotatable bonds is 8. The smallest absolute Gasteiger partial charge is 0.387 e. The minimum absolute atomic E-state index is 0.00605. The van der Waals surface area contributed by atoms with Crippen molar-refractivity contribution in [3.63, 3.8) is 0 Å². The Morgan fingerprint density at radius 2 is 1.91 bits per heavy atom. The van der Waals surface area contributed by atoms with E-state index in [-0.39, 0.29) is 33.7 Å². The topological polar surface area (TPSA) is 167 Å². The van der Waals surface area contributed by atoms with Crippen LogP contribution in [-0.4, -0.2) is 44.0 Å². The highest BCUT2D eigenvalue weighted by molar-refractivity contribution is 7.99. The molecule has 15 heteroatoms. The lowest BCUT2D eigenvalue weighted by atomic mass is 10.2. The first kappa shape index (κ1) is 23.4. The van der Waals surface area contributed by atoms with Crippen LogP contribution in [0.1, 0.15) is 10.4 Å². The van der Waals surface area contributed by atoms with E-state index in [2.05, 4.69) is 25.8 Å². The molecule has 1 aromatic heterocycles. The average molecular weight is 479 g/mol. The van der Waals surface area contributed by atoms with Gasteiger partial charge in [-0.2, -0.15) is 8.78 Å². The minimum Gasteiger partial charge on any atom is -0.435 e. The molecule has 4 N–H and O–H groups in total. The van der Waals surface area contributed by atoms with Crippen LogP contribution in [0.4, 0.5) is 14.5 Å². The van der Waals surface area contributed by atoms with Gasteiger partial charge in [0.2, 0.25) is 11.1 Å². The van der Waals surface area contributed by atoms with Gasteiger partial charge in [0.05, 0.1) is 10.7 Å². The summed E-state index contributed by atoms with van der Waals surface area (Å²) >= 11 is 0.924. The predicted molar refractivity (Wildman–Crippen MR) is 112 cm³/mol. The van der Waals surface area contributed by atoms with Crippen LogP contribution >= 0.6 is 11.8 Å². The Labute approximate surface area is 188 Å². The molecule has 3 aromatic rings. The second-order valence-electron chi connectivity index (χ2n) is 6.18. The highest BCUT2D eigenvalue weighted by atomic mass is 32.2. The first-order valence-corrected chi connectivity index (χ1v) is 9.95. The fraction of sp³-hybridized carbons (Fsp3) is 0.111. The largest absolute Gasteiger partial charge is 0.435 e. The maximum atomic E-state index is 12.2. The number of hydrazine groups is 1. The fourth-order valence-electron chi connectivity index (χ4n) is 2.48. The minimum atomic E-state index is -2.95. The summed E-state index contributed by atoms with van der Waals surface area (Å²) < 4.78 is 29.9. The number of non-ortho nitro benzene ring substituents is 1. The maximum Gasteiger partial charge on any atom is 0.387 e. The maximum absolute atomic E-state index is 12.2. The van der Waals surface area contributed by atoms with Crippen molar-refractivity contribution in [2.45, 2.75) is 11.8 Å². The van der Waals surface area contributed by atoms with Gasteiger partial charge in [0.25, 0.3) is 11.6 Å². The third-order valence-electron chi connectivity index (χ3n) is 3.97. The van der Waals surface area contributed by atoms with Crippen LogP contribution in [0.2, 0.25) is 0 Å². The van der Waals surface area contributed by atoms with E-state index in [0.29, 0.717) is 5.56 Å². The summed E-state index contributed by atoms with van der Waals surface area (Å²) in [5.74, 6) is 4.61. The molecule has 12 nitrogen and oxygen atoms in total. The van der Waals surface area contributed by atoms with E-state index in [1.165, 1.54) is 42.5 Å². The van der Waals surface area contributed by atoms with Crippen molar-refractivity contribution in [1.29, 1.82) is 0 Å². The normalized spacial score (nSPS) is 10.6. The van der Waals surface area contributed by atoms with E-state index in [1.54, 1.807) is 0 Å². The second-order valence-corrected chi connectivity index (χ2v) is 7.12. The summed E-state index contributed by atoms with van der Waals surface area (Å²) in [7, 11) is 0. The van der Waals surface area contributed by atoms with Gasteiger partial charge in [-0.1, -0.05) is 17.8 Å². The number of nitrogens with zero attached hydrogens (tertiary/aromatic N) is 4. The van der Waals surface area contributed by atoms with E-state index in [1.807, 2.05) is 0 Å². The van der Waals surface area contributed by atoms with Crippen molar-refractivity contribution >= 4 is 29.3 Å². The molecule has 0 saturated carbocycles. The number of nitrogens with one attached hydrogen (secondary N) is 2. The first-order chi connectivity index (χ1) is 15.7. The Hall–Kier alpha value is -4.27. The molecule has 0 unspecified atom stereocenters. The van der Waals surface area contributed by atoms with E-state index in [4.69, 9.17) is 5.84 Å². The first-order valence-electron chi connectivity index (χ1n) is 8.96. The Morgan fingerprint density at radius 3 is 2.58 bits per heavy atom. The van der Waals surface area contributed by atoms with Crippen molar-refractivity contribution in [2.75, 3.05) is 11.6 Å². The van der Waals surface area contributed by atoms with Crippen LogP contribution in [0.3, 0.4) is 0 Å². The Kier molecular flexibility index (Phi) is 7.34. The molecular formula is C18H15F2N7O5S. The molecule has 172 valence electrons. The predicted octanol–water partition coefficient (Wildman–Crippen LogP) is 1.72. The van der Waals surface area contributed by atoms with E-state index >= 15 is 0 Å². The van der Waals surface area contributed by atoms with Crippen molar-refractivity contribution in [1.82, 2.24) is 25.7 Å². The van der Waals surface area contributed by atoms with Crippen molar-refractivity contribution in [3.8, 4) is 17.1 Å². The van der Waals surface area contributed by atoms with Gasteiger partial charge in [-0.3, -0.25) is 30.6 Å².